The van der Waals surface area contributed by atoms with Crippen molar-refractivity contribution in [2.75, 3.05) is 25.5 Å². The second-order valence-electron chi connectivity index (χ2n) is 3.18. The minimum atomic E-state index is -0.522. The van der Waals surface area contributed by atoms with Gasteiger partial charge >= 0.3 is 5.97 Å². The van der Waals surface area contributed by atoms with Crippen molar-refractivity contribution >= 4 is 34.8 Å². The van der Waals surface area contributed by atoms with Gasteiger partial charge in [0.1, 0.15) is 4.88 Å². The molecule has 0 fully saturated rings. The SMILES string of the molecule is COC(=O)c1sccc1NC(=O)CNC(=O)CN. The molecule has 0 atom stereocenters. The molecule has 7 nitrogen and oxygen atoms in total. The van der Waals surface area contributed by atoms with Gasteiger partial charge in [0.2, 0.25) is 11.8 Å². The van der Waals surface area contributed by atoms with E-state index in [4.69, 9.17) is 5.73 Å². The maximum absolute atomic E-state index is 11.5. The Morgan fingerprint density at radius 3 is 2.72 bits per heavy atom. The molecular weight excluding hydrogens is 258 g/mol. The number of esters is 1. The molecule has 0 aliphatic heterocycles. The van der Waals surface area contributed by atoms with E-state index in [0.717, 1.165) is 11.3 Å². The number of methoxy groups -OCH3 is 1. The molecule has 0 bridgehead atoms. The van der Waals surface area contributed by atoms with Crippen LogP contribution in [0.15, 0.2) is 11.4 Å². The zero-order valence-corrected chi connectivity index (χ0v) is 10.5. The summed E-state index contributed by atoms with van der Waals surface area (Å²) in [5, 5.41) is 6.47. The third kappa shape index (κ3) is 3.82. The number of carbonyl (C=O) groups excluding carboxylic acids is 3. The van der Waals surface area contributed by atoms with Crippen LogP contribution in [0.1, 0.15) is 9.67 Å². The van der Waals surface area contributed by atoms with Crippen molar-refractivity contribution in [2.45, 2.75) is 0 Å². The van der Waals surface area contributed by atoms with Crippen molar-refractivity contribution < 1.29 is 19.1 Å². The molecule has 8 heteroatoms. The number of nitrogens with two attached hydrogens (primary N) is 1. The highest BCUT2D eigenvalue weighted by Crippen LogP contribution is 2.22. The lowest BCUT2D eigenvalue weighted by Gasteiger charge is -2.06. The van der Waals surface area contributed by atoms with E-state index in [9.17, 15) is 14.4 Å². The molecule has 18 heavy (non-hydrogen) atoms. The number of rotatable bonds is 5. The summed E-state index contributed by atoms with van der Waals surface area (Å²) in [7, 11) is 1.26. The van der Waals surface area contributed by atoms with E-state index in [1.807, 2.05) is 0 Å². The van der Waals surface area contributed by atoms with Gasteiger partial charge in [0.15, 0.2) is 0 Å². The van der Waals surface area contributed by atoms with Gasteiger partial charge in [-0.15, -0.1) is 11.3 Å². The molecule has 0 aliphatic rings. The fourth-order valence-electron chi connectivity index (χ4n) is 1.10. The highest BCUT2D eigenvalue weighted by atomic mass is 32.1. The summed E-state index contributed by atoms with van der Waals surface area (Å²) in [4.78, 5) is 34.0. The maximum atomic E-state index is 11.5. The van der Waals surface area contributed by atoms with Crippen molar-refractivity contribution in [3.8, 4) is 0 Å². The minimum Gasteiger partial charge on any atom is -0.465 e. The Labute approximate surface area is 107 Å². The van der Waals surface area contributed by atoms with Gasteiger partial charge in [-0.05, 0) is 11.4 Å². The van der Waals surface area contributed by atoms with Crippen LogP contribution < -0.4 is 16.4 Å². The average Bonchev–Trinajstić information content (AvgIpc) is 2.82. The molecule has 98 valence electrons. The quantitative estimate of drug-likeness (QED) is 0.628. The molecule has 1 aromatic rings. The predicted molar refractivity (Wildman–Crippen MR) is 66.4 cm³/mol. The number of hydrogen-bond donors (Lipinski definition) is 3. The molecular formula is C10H13N3O4S. The van der Waals surface area contributed by atoms with Crippen LogP contribution in [0.5, 0.6) is 0 Å². The molecule has 4 N–H and O–H groups in total. The van der Waals surface area contributed by atoms with Crippen molar-refractivity contribution in [3.05, 3.63) is 16.3 Å². The minimum absolute atomic E-state index is 0.181. The third-order valence-electron chi connectivity index (χ3n) is 1.94. The summed E-state index contributed by atoms with van der Waals surface area (Å²) in [5.41, 5.74) is 5.43. The molecule has 0 unspecified atom stereocenters. The predicted octanol–water partition coefficient (Wildman–Crippen LogP) is -0.452. The highest BCUT2D eigenvalue weighted by Gasteiger charge is 2.15. The van der Waals surface area contributed by atoms with Gasteiger partial charge in [-0.2, -0.15) is 0 Å². The van der Waals surface area contributed by atoms with E-state index < -0.39 is 17.8 Å². The molecule has 0 radical (unpaired) electrons. The summed E-state index contributed by atoms with van der Waals surface area (Å²) in [6, 6.07) is 1.58. The van der Waals surface area contributed by atoms with Crippen LogP contribution in [-0.4, -0.2) is 38.0 Å². The molecule has 2 amide bonds. The van der Waals surface area contributed by atoms with Gasteiger partial charge in [-0.1, -0.05) is 0 Å². The Balaban J connectivity index is 2.57. The monoisotopic (exact) mass is 271 g/mol. The fourth-order valence-corrected chi connectivity index (χ4v) is 1.87. The van der Waals surface area contributed by atoms with Gasteiger partial charge in [-0.3, -0.25) is 9.59 Å². The topological polar surface area (TPSA) is 111 Å². The van der Waals surface area contributed by atoms with Crippen LogP contribution in [0.3, 0.4) is 0 Å². The van der Waals surface area contributed by atoms with E-state index >= 15 is 0 Å². The lowest BCUT2D eigenvalue weighted by molar-refractivity contribution is -0.123. The van der Waals surface area contributed by atoms with Crippen LogP contribution >= 0.6 is 11.3 Å². The van der Waals surface area contributed by atoms with Gasteiger partial charge in [0.05, 0.1) is 25.9 Å². The number of thiophene rings is 1. The van der Waals surface area contributed by atoms with E-state index in [1.165, 1.54) is 7.11 Å². The van der Waals surface area contributed by atoms with Crippen molar-refractivity contribution in [1.82, 2.24) is 5.32 Å². The summed E-state index contributed by atoms with van der Waals surface area (Å²) in [6.07, 6.45) is 0. The first-order valence-corrected chi connectivity index (χ1v) is 5.89. The van der Waals surface area contributed by atoms with Crippen molar-refractivity contribution in [1.29, 1.82) is 0 Å². The van der Waals surface area contributed by atoms with Crippen molar-refractivity contribution in [2.24, 2.45) is 5.73 Å². The summed E-state index contributed by atoms with van der Waals surface area (Å²) in [5.74, 6) is -1.39. The molecule has 1 aromatic heterocycles. The zero-order valence-electron chi connectivity index (χ0n) is 9.69. The first-order valence-electron chi connectivity index (χ1n) is 5.01. The van der Waals surface area contributed by atoms with Gasteiger partial charge in [-0.25, -0.2) is 4.79 Å². The number of nitrogens with one attached hydrogen (secondary N) is 2. The third-order valence-corrected chi connectivity index (χ3v) is 2.84. The van der Waals surface area contributed by atoms with E-state index in [-0.39, 0.29) is 13.1 Å². The lowest BCUT2D eigenvalue weighted by Crippen LogP contribution is -2.36. The highest BCUT2D eigenvalue weighted by molar-refractivity contribution is 7.12. The van der Waals surface area contributed by atoms with Crippen LogP contribution in [0.25, 0.3) is 0 Å². The molecule has 0 aromatic carbocycles. The Morgan fingerprint density at radius 2 is 2.11 bits per heavy atom. The van der Waals surface area contributed by atoms with E-state index in [2.05, 4.69) is 15.4 Å². The standard InChI is InChI=1S/C10H13N3O4S/c1-17-10(16)9-6(2-3-18-9)13-8(15)5-12-7(14)4-11/h2-3H,4-5,11H2,1H3,(H,12,14)(H,13,15). The number of anilines is 1. The Kier molecular flexibility index (Phi) is 5.28. The summed E-state index contributed by atoms with van der Waals surface area (Å²) < 4.78 is 4.57. The lowest BCUT2D eigenvalue weighted by atomic mass is 10.3. The summed E-state index contributed by atoms with van der Waals surface area (Å²) in [6.45, 7) is -0.383. The molecule has 0 saturated carbocycles. The number of hydrogen-bond acceptors (Lipinski definition) is 6. The molecule has 1 rings (SSSR count). The number of ether oxygens (including phenoxy) is 1. The van der Waals surface area contributed by atoms with E-state index in [0.29, 0.717) is 10.6 Å². The Hall–Kier alpha value is -1.93. The molecule has 1 heterocycles. The molecule has 0 aliphatic carbocycles. The number of amides is 2. The largest absolute Gasteiger partial charge is 0.465 e. The second kappa shape index (κ2) is 6.72. The fraction of sp³-hybridized carbons (Fsp3) is 0.300. The normalized spacial score (nSPS) is 9.67. The maximum Gasteiger partial charge on any atom is 0.350 e. The first kappa shape index (κ1) is 14.1. The Bertz CT molecular complexity index is 458. The van der Waals surface area contributed by atoms with Gasteiger partial charge in [0.25, 0.3) is 0 Å². The Morgan fingerprint density at radius 1 is 1.39 bits per heavy atom. The van der Waals surface area contributed by atoms with Gasteiger partial charge < -0.3 is 21.1 Å². The van der Waals surface area contributed by atoms with Crippen LogP contribution in [-0.2, 0) is 14.3 Å². The molecule has 0 spiro atoms. The summed E-state index contributed by atoms with van der Waals surface area (Å²) >= 11 is 1.16. The average molecular weight is 271 g/mol. The van der Waals surface area contributed by atoms with Crippen LogP contribution in [0, 0.1) is 0 Å². The van der Waals surface area contributed by atoms with E-state index in [1.54, 1.807) is 11.4 Å². The zero-order chi connectivity index (χ0) is 13.5. The van der Waals surface area contributed by atoms with Crippen molar-refractivity contribution in [3.63, 3.8) is 0 Å². The van der Waals surface area contributed by atoms with Crippen LogP contribution in [0.2, 0.25) is 0 Å². The second-order valence-corrected chi connectivity index (χ2v) is 4.10. The number of carbonyl (C=O) groups is 3. The van der Waals surface area contributed by atoms with Gasteiger partial charge in [0, 0.05) is 0 Å². The van der Waals surface area contributed by atoms with Crippen LogP contribution in [0.4, 0.5) is 5.69 Å². The molecule has 0 saturated heterocycles. The first-order chi connectivity index (χ1) is 8.58. The smallest absolute Gasteiger partial charge is 0.350 e.